The van der Waals surface area contributed by atoms with Crippen LogP contribution in [0.25, 0.3) is 0 Å². The van der Waals surface area contributed by atoms with Crippen molar-refractivity contribution in [2.24, 2.45) is 23.7 Å². The number of allylic oxidation sites excluding steroid dienone is 2. The molecule has 0 N–H and O–H groups in total. The molecule has 2 fully saturated rings. The van der Waals surface area contributed by atoms with Gasteiger partial charge in [0.1, 0.15) is 0 Å². The molecule has 1 nitrogen and oxygen atoms in total. The third-order valence-electron chi connectivity index (χ3n) is 6.57. The van der Waals surface area contributed by atoms with Crippen molar-refractivity contribution in [1.82, 2.24) is 0 Å². The molecule has 0 atom stereocenters. The molecule has 0 saturated heterocycles. The number of unbranched alkanes of at least 4 members (excludes halogenated alkanes) is 6. The summed E-state index contributed by atoms with van der Waals surface area (Å²) in [5.74, 6) is 3.12. The molecule has 2 rings (SSSR count). The molecule has 0 radical (unpaired) electrons. The zero-order chi connectivity index (χ0) is 17.0. The molecule has 0 heterocycles. The number of nitriles is 1. The summed E-state index contributed by atoms with van der Waals surface area (Å²) in [6, 6.07) is 2.47. The summed E-state index contributed by atoms with van der Waals surface area (Å²) in [5.41, 5.74) is 0. The second kappa shape index (κ2) is 11.7. The van der Waals surface area contributed by atoms with Crippen LogP contribution in [0.3, 0.4) is 0 Å². The second-order valence-corrected chi connectivity index (χ2v) is 8.40. The topological polar surface area (TPSA) is 23.8 Å². The summed E-state index contributed by atoms with van der Waals surface area (Å²) in [5, 5.41) is 9.04. The lowest BCUT2D eigenvalue weighted by Crippen LogP contribution is -2.25. The van der Waals surface area contributed by atoms with Crippen molar-refractivity contribution in [3.05, 3.63) is 12.2 Å². The number of hydrogen-bond donors (Lipinski definition) is 0. The quantitative estimate of drug-likeness (QED) is 0.319. The van der Waals surface area contributed by atoms with Gasteiger partial charge in [-0.3, -0.25) is 0 Å². The van der Waals surface area contributed by atoms with Crippen molar-refractivity contribution in [2.75, 3.05) is 0 Å². The minimum Gasteiger partial charge on any atom is -0.198 e. The molecule has 0 aromatic rings. The lowest BCUT2D eigenvalue weighted by molar-refractivity contribution is 0.168. The maximum atomic E-state index is 9.04. The molecule has 0 aromatic heterocycles. The van der Waals surface area contributed by atoms with Gasteiger partial charge in [-0.15, -0.1) is 0 Å². The van der Waals surface area contributed by atoms with Crippen LogP contribution in [-0.4, -0.2) is 0 Å². The minimum absolute atomic E-state index is 0.363. The van der Waals surface area contributed by atoms with E-state index in [0.717, 1.165) is 17.8 Å². The van der Waals surface area contributed by atoms with Crippen LogP contribution in [0.2, 0.25) is 0 Å². The number of hydrogen-bond acceptors (Lipinski definition) is 1. The first kappa shape index (κ1) is 19.6. The van der Waals surface area contributed by atoms with Crippen molar-refractivity contribution in [2.45, 2.75) is 103 Å². The van der Waals surface area contributed by atoms with E-state index < -0.39 is 0 Å². The van der Waals surface area contributed by atoms with Crippen LogP contribution in [0.5, 0.6) is 0 Å². The fourth-order valence-electron chi connectivity index (χ4n) is 4.86. The standard InChI is InChI=1S/C23H39N/c1-2-3-4-5-6-7-8-9-10-20-11-15-22(16-12-20)23-17-13-21(19-24)14-18-23/h9-10,20-23H,2-8,11-18H2,1H3/b10-9+/t20-,21-,22-,23-. The van der Waals surface area contributed by atoms with Gasteiger partial charge in [-0.25, -0.2) is 0 Å². The Morgan fingerprint density at radius 3 is 2.00 bits per heavy atom. The first-order valence-electron chi connectivity index (χ1n) is 10.9. The highest BCUT2D eigenvalue weighted by atomic mass is 14.4. The highest BCUT2D eigenvalue weighted by Crippen LogP contribution is 2.41. The van der Waals surface area contributed by atoms with Crippen molar-refractivity contribution < 1.29 is 0 Å². The molecule has 0 aliphatic heterocycles. The van der Waals surface area contributed by atoms with E-state index in [-0.39, 0.29) is 0 Å². The Labute approximate surface area is 150 Å². The smallest absolute Gasteiger partial charge is 0.0655 e. The Hall–Kier alpha value is -0.770. The van der Waals surface area contributed by atoms with Crippen LogP contribution in [0.1, 0.15) is 103 Å². The molecular formula is C23H39N. The van der Waals surface area contributed by atoms with Crippen molar-refractivity contribution in [3.8, 4) is 6.07 Å². The summed E-state index contributed by atoms with van der Waals surface area (Å²) in [6.07, 6.45) is 25.4. The Kier molecular flexibility index (Phi) is 9.55. The first-order valence-corrected chi connectivity index (χ1v) is 10.9. The summed E-state index contributed by atoms with van der Waals surface area (Å²) in [4.78, 5) is 0. The second-order valence-electron chi connectivity index (χ2n) is 8.40. The van der Waals surface area contributed by atoms with E-state index in [1.54, 1.807) is 0 Å². The van der Waals surface area contributed by atoms with Crippen LogP contribution in [0.4, 0.5) is 0 Å². The highest BCUT2D eigenvalue weighted by molar-refractivity contribution is 4.93. The average molecular weight is 330 g/mol. The number of rotatable bonds is 9. The third-order valence-corrected chi connectivity index (χ3v) is 6.57. The van der Waals surface area contributed by atoms with E-state index in [2.05, 4.69) is 25.1 Å². The largest absolute Gasteiger partial charge is 0.198 e. The predicted octanol–water partition coefficient (Wildman–Crippen LogP) is 7.43. The molecule has 0 aromatic carbocycles. The van der Waals surface area contributed by atoms with Gasteiger partial charge in [0, 0.05) is 5.92 Å². The van der Waals surface area contributed by atoms with Gasteiger partial charge in [-0.05, 0) is 82.0 Å². The average Bonchev–Trinajstić information content (AvgIpc) is 2.64. The lowest BCUT2D eigenvalue weighted by Gasteiger charge is -2.36. The molecule has 24 heavy (non-hydrogen) atoms. The SMILES string of the molecule is CCCCCCCC/C=C/[C@H]1CC[C@H]([C@H]2CC[C@H](C#N)CC2)CC1. The molecule has 1 heteroatoms. The molecular weight excluding hydrogens is 290 g/mol. The Balaban J connectivity index is 1.53. The summed E-state index contributed by atoms with van der Waals surface area (Å²) in [7, 11) is 0. The predicted molar refractivity (Wildman–Crippen MR) is 104 cm³/mol. The first-order chi connectivity index (χ1) is 11.8. The van der Waals surface area contributed by atoms with E-state index in [4.69, 9.17) is 5.26 Å². The molecule has 2 aliphatic rings. The van der Waals surface area contributed by atoms with Gasteiger partial charge in [-0.2, -0.15) is 5.26 Å². The van der Waals surface area contributed by atoms with E-state index >= 15 is 0 Å². The molecule has 0 spiro atoms. The summed E-state index contributed by atoms with van der Waals surface area (Å²) >= 11 is 0. The number of nitrogens with zero attached hydrogens (tertiary/aromatic N) is 1. The van der Waals surface area contributed by atoms with E-state index in [1.165, 1.54) is 96.3 Å². The molecule has 0 unspecified atom stereocenters. The van der Waals surface area contributed by atoms with Gasteiger partial charge in [-0.1, -0.05) is 51.2 Å². The van der Waals surface area contributed by atoms with Crippen LogP contribution >= 0.6 is 0 Å². The van der Waals surface area contributed by atoms with E-state index in [9.17, 15) is 0 Å². The monoisotopic (exact) mass is 329 g/mol. The van der Waals surface area contributed by atoms with Gasteiger partial charge in [0.2, 0.25) is 0 Å². The Morgan fingerprint density at radius 2 is 1.38 bits per heavy atom. The van der Waals surface area contributed by atoms with Gasteiger partial charge >= 0.3 is 0 Å². The van der Waals surface area contributed by atoms with Gasteiger partial charge in [0.05, 0.1) is 6.07 Å². The fraction of sp³-hybridized carbons (Fsp3) is 0.870. The molecule has 2 aliphatic carbocycles. The van der Waals surface area contributed by atoms with Crippen LogP contribution in [0, 0.1) is 35.0 Å². The normalized spacial score (nSPS) is 31.2. The van der Waals surface area contributed by atoms with Crippen molar-refractivity contribution in [1.29, 1.82) is 5.26 Å². The van der Waals surface area contributed by atoms with Gasteiger partial charge in [0.15, 0.2) is 0 Å². The zero-order valence-corrected chi connectivity index (χ0v) is 16.0. The van der Waals surface area contributed by atoms with Crippen LogP contribution in [-0.2, 0) is 0 Å². The lowest BCUT2D eigenvalue weighted by atomic mass is 9.69. The van der Waals surface area contributed by atoms with Crippen molar-refractivity contribution in [3.63, 3.8) is 0 Å². The molecule has 2 saturated carbocycles. The van der Waals surface area contributed by atoms with E-state index in [1.807, 2.05) is 0 Å². The molecule has 0 bridgehead atoms. The maximum Gasteiger partial charge on any atom is 0.0655 e. The third kappa shape index (κ3) is 7.00. The fourth-order valence-corrected chi connectivity index (χ4v) is 4.86. The van der Waals surface area contributed by atoms with Gasteiger partial charge in [0.25, 0.3) is 0 Å². The maximum absolute atomic E-state index is 9.04. The molecule has 0 amide bonds. The van der Waals surface area contributed by atoms with E-state index in [0.29, 0.717) is 5.92 Å². The zero-order valence-electron chi connectivity index (χ0n) is 16.0. The summed E-state index contributed by atoms with van der Waals surface area (Å²) in [6.45, 7) is 2.29. The van der Waals surface area contributed by atoms with Crippen molar-refractivity contribution >= 4 is 0 Å². The van der Waals surface area contributed by atoms with Crippen LogP contribution in [0.15, 0.2) is 12.2 Å². The van der Waals surface area contributed by atoms with Crippen LogP contribution < -0.4 is 0 Å². The Morgan fingerprint density at radius 1 is 0.792 bits per heavy atom. The Bertz CT molecular complexity index is 375. The van der Waals surface area contributed by atoms with Gasteiger partial charge < -0.3 is 0 Å². The highest BCUT2D eigenvalue weighted by Gasteiger charge is 2.30. The summed E-state index contributed by atoms with van der Waals surface area (Å²) < 4.78 is 0. The molecule has 136 valence electrons. The minimum atomic E-state index is 0.363.